The fraction of sp³-hybridized carbons (Fsp3) is 0.875. The molecule has 0 spiro atoms. The molecule has 0 N–H and O–H groups in total. The summed E-state index contributed by atoms with van der Waals surface area (Å²) in [7, 11) is 0. The summed E-state index contributed by atoms with van der Waals surface area (Å²) in [6.07, 6.45) is 1.25. The maximum atomic E-state index is 11.2. The van der Waals surface area contributed by atoms with Gasteiger partial charge >= 0.3 is 0 Å². The van der Waals surface area contributed by atoms with Gasteiger partial charge in [0.15, 0.2) is 0 Å². The first kappa shape index (κ1) is 4.48. The lowest BCUT2D eigenvalue weighted by atomic mass is 10.0. The Morgan fingerprint density at radius 3 is 2.44 bits per heavy atom. The molecule has 1 nitrogen and oxygen atoms in total. The fourth-order valence-electron chi connectivity index (χ4n) is 3.22. The van der Waals surface area contributed by atoms with Gasteiger partial charge in [-0.25, -0.2) is 0 Å². The standard InChI is InChI=1S/C8H10O/c1-3-4-2-5-6(3)7(5)8(4)9/h3-7H,2H2,1H3/t3-,4-,5-,6?,7?/m0/s1. The van der Waals surface area contributed by atoms with Gasteiger partial charge in [-0.1, -0.05) is 6.92 Å². The minimum absolute atomic E-state index is 0.505. The summed E-state index contributed by atoms with van der Waals surface area (Å²) < 4.78 is 0. The van der Waals surface area contributed by atoms with Crippen molar-refractivity contribution in [2.45, 2.75) is 13.3 Å². The Hall–Kier alpha value is -0.330. The zero-order valence-corrected chi connectivity index (χ0v) is 5.50. The summed E-state index contributed by atoms with van der Waals surface area (Å²) in [4.78, 5) is 11.2. The third-order valence-electron chi connectivity index (χ3n) is 3.69. The molecule has 0 aromatic heterocycles. The fourth-order valence-corrected chi connectivity index (χ4v) is 3.22. The summed E-state index contributed by atoms with van der Waals surface area (Å²) in [5, 5.41) is 0. The van der Waals surface area contributed by atoms with Gasteiger partial charge in [0.1, 0.15) is 5.78 Å². The minimum atomic E-state index is 0.505. The SMILES string of the molecule is C[C@@H]1C2C3C(=O)[C@H]1C[C@H]32. The second-order valence-electron chi connectivity index (χ2n) is 3.87. The Balaban J connectivity index is 2.16. The van der Waals surface area contributed by atoms with Crippen molar-refractivity contribution >= 4 is 5.78 Å². The first-order valence-corrected chi connectivity index (χ1v) is 3.84. The van der Waals surface area contributed by atoms with Crippen LogP contribution < -0.4 is 0 Å². The van der Waals surface area contributed by atoms with Crippen molar-refractivity contribution in [1.29, 1.82) is 0 Å². The molecule has 5 atom stereocenters. The average molecular weight is 122 g/mol. The lowest BCUT2D eigenvalue weighted by Gasteiger charge is -2.03. The highest BCUT2D eigenvalue weighted by molar-refractivity contribution is 5.92. The molecule has 4 aliphatic rings. The molecule has 0 heterocycles. The second kappa shape index (κ2) is 0.979. The van der Waals surface area contributed by atoms with Crippen LogP contribution >= 0.6 is 0 Å². The van der Waals surface area contributed by atoms with E-state index in [9.17, 15) is 4.79 Å². The van der Waals surface area contributed by atoms with Crippen LogP contribution in [0, 0.1) is 29.6 Å². The number of rotatable bonds is 0. The van der Waals surface area contributed by atoms with Crippen LogP contribution in [-0.4, -0.2) is 5.78 Å². The van der Waals surface area contributed by atoms with Gasteiger partial charge in [-0.3, -0.25) is 4.79 Å². The Labute approximate surface area is 54.4 Å². The lowest BCUT2D eigenvalue weighted by Crippen LogP contribution is -2.07. The summed E-state index contributed by atoms with van der Waals surface area (Å²) in [5.74, 6) is 4.14. The molecule has 0 amide bonds. The van der Waals surface area contributed by atoms with Gasteiger partial charge in [0.2, 0.25) is 0 Å². The predicted molar refractivity (Wildman–Crippen MR) is 32.7 cm³/mol. The summed E-state index contributed by atoms with van der Waals surface area (Å²) in [6, 6.07) is 0. The van der Waals surface area contributed by atoms with Crippen LogP contribution in [0.25, 0.3) is 0 Å². The van der Waals surface area contributed by atoms with Crippen molar-refractivity contribution in [2.75, 3.05) is 0 Å². The van der Waals surface area contributed by atoms with Crippen LogP contribution in [0.1, 0.15) is 13.3 Å². The Morgan fingerprint density at radius 2 is 2.33 bits per heavy atom. The first-order chi connectivity index (χ1) is 4.30. The van der Waals surface area contributed by atoms with E-state index in [0.29, 0.717) is 17.6 Å². The molecule has 0 radical (unpaired) electrons. The van der Waals surface area contributed by atoms with Crippen molar-refractivity contribution in [3.8, 4) is 0 Å². The van der Waals surface area contributed by atoms with Crippen molar-refractivity contribution < 1.29 is 4.79 Å². The van der Waals surface area contributed by atoms with Crippen LogP contribution in [0.5, 0.6) is 0 Å². The lowest BCUT2D eigenvalue weighted by molar-refractivity contribution is -0.121. The normalized spacial score (nSPS) is 67.2. The Bertz CT molecular complexity index is 197. The van der Waals surface area contributed by atoms with Crippen molar-refractivity contribution in [3.63, 3.8) is 0 Å². The first-order valence-electron chi connectivity index (χ1n) is 3.84. The number of carbonyl (C=O) groups excluding carboxylic acids is 1. The van der Waals surface area contributed by atoms with Crippen molar-refractivity contribution in [1.82, 2.24) is 0 Å². The van der Waals surface area contributed by atoms with Gasteiger partial charge in [-0.15, -0.1) is 0 Å². The third kappa shape index (κ3) is 0.280. The van der Waals surface area contributed by atoms with Gasteiger partial charge in [-0.2, -0.15) is 0 Å². The van der Waals surface area contributed by atoms with Gasteiger partial charge in [0.25, 0.3) is 0 Å². The van der Waals surface area contributed by atoms with E-state index in [1.165, 1.54) is 6.42 Å². The molecule has 0 saturated heterocycles. The zero-order chi connectivity index (χ0) is 6.17. The monoisotopic (exact) mass is 122 g/mol. The smallest absolute Gasteiger partial charge is 0.139 e. The van der Waals surface area contributed by atoms with Crippen molar-refractivity contribution in [3.05, 3.63) is 0 Å². The maximum Gasteiger partial charge on any atom is 0.139 e. The third-order valence-corrected chi connectivity index (χ3v) is 3.69. The summed E-state index contributed by atoms with van der Waals surface area (Å²) in [6.45, 7) is 2.25. The number of ketones is 1. The highest BCUT2D eigenvalue weighted by Crippen LogP contribution is 2.70. The molecule has 4 bridgehead atoms. The molecule has 4 saturated carbocycles. The van der Waals surface area contributed by atoms with E-state index in [-0.39, 0.29) is 0 Å². The highest BCUT2D eigenvalue weighted by atomic mass is 16.1. The van der Waals surface area contributed by atoms with Crippen LogP contribution in [0.2, 0.25) is 0 Å². The van der Waals surface area contributed by atoms with E-state index in [0.717, 1.165) is 17.8 Å². The van der Waals surface area contributed by atoms with Crippen LogP contribution in [0.15, 0.2) is 0 Å². The molecule has 4 fully saturated rings. The minimum Gasteiger partial charge on any atom is -0.299 e. The molecule has 9 heavy (non-hydrogen) atoms. The summed E-state index contributed by atoms with van der Waals surface area (Å²) >= 11 is 0. The van der Waals surface area contributed by atoms with E-state index in [1.807, 2.05) is 0 Å². The quantitative estimate of drug-likeness (QED) is 0.470. The van der Waals surface area contributed by atoms with E-state index >= 15 is 0 Å². The predicted octanol–water partition coefficient (Wildman–Crippen LogP) is 1.09. The van der Waals surface area contributed by atoms with Gasteiger partial charge in [-0.05, 0) is 24.2 Å². The topological polar surface area (TPSA) is 17.1 Å². The molecule has 0 aliphatic heterocycles. The molecule has 2 unspecified atom stereocenters. The highest BCUT2D eigenvalue weighted by Gasteiger charge is 2.72. The molecular formula is C8H10O. The summed E-state index contributed by atoms with van der Waals surface area (Å²) in [5.41, 5.74) is 0. The van der Waals surface area contributed by atoms with E-state index in [2.05, 4.69) is 6.92 Å². The molecule has 4 aliphatic carbocycles. The molecule has 4 rings (SSSR count). The molecule has 0 aromatic rings. The van der Waals surface area contributed by atoms with Gasteiger partial charge < -0.3 is 0 Å². The van der Waals surface area contributed by atoms with Crippen LogP contribution in [0.4, 0.5) is 0 Å². The molecule has 1 heteroatoms. The molecular weight excluding hydrogens is 112 g/mol. The average Bonchev–Trinajstić information content (AvgIpc) is 2.18. The number of carbonyl (C=O) groups is 1. The van der Waals surface area contributed by atoms with E-state index < -0.39 is 0 Å². The van der Waals surface area contributed by atoms with Gasteiger partial charge in [0, 0.05) is 11.8 Å². The van der Waals surface area contributed by atoms with Crippen molar-refractivity contribution in [2.24, 2.45) is 29.6 Å². The largest absolute Gasteiger partial charge is 0.299 e. The molecule has 0 aromatic carbocycles. The number of hydrogen-bond donors (Lipinski definition) is 0. The second-order valence-corrected chi connectivity index (χ2v) is 3.87. The van der Waals surface area contributed by atoms with E-state index in [1.54, 1.807) is 0 Å². The number of Topliss-reactive ketones (excluding diaryl/α,β-unsaturated/α-hetero) is 1. The molecule has 48 valence electrons. The van der Waals surface area contributed by atoms with Crippen LogP contribution in [-0.2, 0) is 4.79 Å². The van der Waals surface area contributed by atoms with Gasteiger partial charge in [0.05, 0.1) is 0 Å². The zero-order valence-electron chi connectivity index (χ0n) is 5.50. The van der Waals surface area contributed by atoms with Crippen LogP contribution in [0.3, 0.4) is 0 Å². The Morgan fingerprint density at radius 1 is 1.56 bits per heavy atom. The van der Waals surface area contributed by atoms with E-state index in [4.69, 9.17) is 0 Å². The number of hydrogen-bond acceptors (Lipinski definition) is 1. The maximum absolute atomic E-state index is 11.2. The Kier molecular flexibility index (Phi) is 0.487.